The van der Waals surface area contributed by atoms with E-state index in [9.17, 15) is 9.50 Å². The number of benzene rings is 2. The molecular formula is C16H17FO2. The summed E-state index contributed by atoms with van der Waals surface area (Å²) in [5.41, 5.74) is 3.07. The van der Waals surface area contributed by atoms with Gasteiger partial charge in [-0.25, -0.2) is 4.39 Å². The first kappa shape index (κ1) is 13.7. The van der Waals surface area contributed by atoms with Crippen LogP contribution in [0.5, 0.6) is 0 Å². The maximum absolute atomic E-state index is 13.4. The molecule has 1 unspecified atom stereocenters. The molecule has 2 aromatic carbocycles. The van der Waals surface area contributed by atoms with Crippen LogP contribution in [0.15, 0.2) is 42.5 Å². The fourth-order valence-corrected chi connectivity index (χ4v) is 2.13. The van der Waals surface area contributed by atoms with Crippen LogP contribution in [0.25, 0.3) is 0 Å². The summed E-state index contributed by atoms with van der Waals surface area (Å²) in [4.78, 5) is 0. The molecule has 1 atom stereocenters. The summed E-state index contributed by atoms with van der Waals surface area (Å²) in [6.07, 6.45) is -0.828. The van der Waals surface area contributed by atoms with Crippen LogP contribution in [0, 0.1) is 12.7 Å². The van der Waals surface area contributed by atoms with E-state index >= 15 is 0 Å². The van der Waals surface area contributed by atoms with Crippen molar-refractivity contribution >= 4 is 0 Å². The highest BCUT2D eigenvalue weighted by Gasteiger charge is 2.12. The van der Waals surface area contributed by atoms with Crippen molar-refractivity contribution in [3.8, 4) is 0 Å². The maximum atomic E-state index is 13.4. The van der Waals surface area contributed by atoms with E-state index in [-0.39, 0.29) is 5.82 Å². The Morgan fingerprint density at radius 2 is 1.95 bits per heavy atom. The van der Waals surface area contributed by atoms with Gasteiger partial charge in [-0.1, -0.05) is 30.3 Å². The Hall–Kier alpha value is -1.71. The standard InChI is InChI=1S/C16H17FO2/c1-11-6-14(9-15(17)7-11)16(18)13-5-3-4-12(8-13)10-19-2/h3-9,16,18H,10H2,1-2H3. The van der Waals surface area contributed by atoms with Crippen LogP contribution in [0.3, 0.4) is 0 Å². The summed E-state index contributed by atoms with van der Waals surface area (Å²) in [5, 5.41) is 10.3. The SMILES string of the molecule is COCc1cccc(C(O)c2cc(C)cc(F)c2)c1. The summed E-state index contributed by atoms with van der Waals surface area (Å²) >= 11 is 0. The van der Waals surface area contributed by atoms with E-state index in [0.29, 0.717) is 12.2 Å². The van der Waals surface area contributed by atoms with Gasteiger partial charge in [-0.2, -0.15) is 0 Å². The largest absolute Gasteiger partial charge is 0.384 e. The van der Waals surface area contributed by atoms with Crippen molar-refractivity contribution in [3.63, 3.8) is 0 Å². The van der Waals surface area contributed by atoms with Crippen LogP contribution in [0.2, 0.25) is 0 Å². The number of ether oxygens (including phenoxy) is 1. The van der Waals surface area contributed by atoms with Gasteiger partial charge >= 0.3 is 0 Å². The number of aliphatic hydroxyl groups excluding tert-OH is 1. The third-order valence-corrected chi connectivity index (χ3v) is 2.96. The Balaban J connectivity index is 2.32. The molecule has 0 saturated heterocycles. The van der Waals surface area contributed by atoms with E-state index in [4.69, 9.17) is 4.74 Å². The molecule has 0 aromatic heterocycles. The first-order chi connectivity index (χ1) is 9.10. The molecule has 0 aliphatic rings. The van der Waals surface area contributed by atoms with Gasteiger partial charge in [0.05, 0.1) is 6.61 Å². The Morgan fingerprint density at radius 3 is 2.63 bits per heavy atom. The van der Waals surface area contributed by atoms with E-state index in [1.165, 1.54) is 12.1 Å². The lowest BCUT2D eigenvalue weighted by Crippen LogP contribution is -2.02. The van der Waals surface area contributed by atoms with Crippen LogP contribution in [0.1, 0.15) is 28.4 Å². The summed E-state index contributed by atoms with van der Waals surface area (Å²) in [5.74, 6) is -0.331. The molecule has 2 rings (SSSR count). The quantitative estimate of drug-likeness (QED) is 0.913. The predicted molar refractivity (Wildman–Crippen MR) is 72.4 cm³/mol. The second kappa shape index (κ2) is 5.95. The van der Waals surface area contributed by atoms with Crippen molar-refractivity contribution in [2.45, 2.75) is 19.6 Å². The van der Waals surface area contributed by atoms with Crippen LogP contribution in [-0.4, -0.2) is 12.2 Å². The smallest absolute Gasteiger partial charge is 0.123 e. The lowest BCUT2D eigenvalue weighted by Gasteiger charge is -2.13. The van der Waals surface area contributed by atoms with Gasteiger partial charge in [0, 0.05) is 7.11 Å². The van der Waals surface area contributed by atoms with Gasteiger partial charge in [-0.05, 0) is 41.3 Å². The molecule has 0 aliphatic heterocycles. The molecular weight excluding hydrogens is 243 g/mol. The van der Waals surface area contributed by atoms with Crippen molar-refractivity contribution in [1.82, 2.24) is 0 Å². The highest BCUT2D eigenvalue weighted by Crippen LogP contribution is 2.24. The van der Waals surface area contributed by atoms with Gasteiger partial charge in [0.2, 0.25) is 0 Å². The van der Waals surface area contributed by atoms with Crippen molar-refractivity contribution in [1.29, 1.82) is 0 Å². The second-order valence-corrected chi connectivity index (χ2v) is 4.64. The average Bonchev–Trinajstić information content (AvgIpc) is 2.37. The summed E-state index contributed by atoms with van der Waals surface area (Å²) in [7, 11) is 1.62. The zero-order chi connectivity index (χ0) is 13.8. The number of rotatable bonds is 4. The normalized spacial score (nSPS) is 12.4. The zero-order valence-electron chi connectivity index (χ0n) is 11.1. The monoisotopic (exact) mass is 260 g/mol. The fourth-order valence-electron chi connectivity index (χ4n) is 2.13. The maximum Gasteiger partial charge on any atom is 0.123 e. The molecule has 0 saturated carbocycles. The van der Waals surface area contributed by atoms with Gasteiger partial charge in [0.25, 0.3) is 0 Å². The van der Waals surface area contributed by atoms with E-state index in [0.717, 1.165) is 16.7 Å². The van der Waals surface area contributed by atoms with Gasteiger partial charge in [-0.15, -0.1) is 0 Å². The number of methoxy groups -OCH3 is 1. The number of halogens is 1. The third-order valence-electron chi connectivity index (χ3n) is 2.96. The lowest BCUT2D eigenvalue weighted by atomic mass is 9.98. The minimum Gasteiger partial charge on any atom is -0.384 e. The van der Waals surface area contributed by atoms with Crippen molar-refractivity contribution < 1.29 is 14.2 Å². The highest BCUT2D eigenvalue weighted by atomic mass is 19.1. The second-order valence-electron chi connectivity index (χ2n) is 4.64. The molecule has 2 nitrogen and oxygen atoms in total. The molecule has 0 spiro atoms. The van der Waals surface area contributed by atoms with Crippen LogP contribution >= 0.6 is 0 Å². The Morgan fingerprint density at radius 1 is 1.16 bits per heavy atom. The Bertz CT molecular complexity index is 546. The molecule has 0 amide bonds. The lowest BCUT2D eigenvalue weighted by molar-refractivity contribution is 0.184. The van der Waals surface area contributed by atoms with Gasteiger partial charge in [-0.3, -0.25) is 0 Å². The minimum absolute atomic E-state index is 0.331. The highest BCUT2D eigenvalue weighted by molar-refractivity contribution is 5.34. The predicted octanol–water partition coefficient (Wildman–Crippen LogP) is 3.36. The molecule has 3 heteroatoms. The van der Waals surface area contributed by atoms with Crippen LogP contribution in [-0.2, 0) is 11.3 Å². The third kappa shape index (κ3) is 3.40. The van der Waals surface area contributed by atoms with Gasteiger partial charge < -0.3 is 9.84 Å². The van der Waals surface area contributed by atoms with E-state index < -0.39 is 6.10 Å². The number of aliphatic hydroxyl groups is 1. The van der Waals surface area contributed by atoms with Crippen molar-refractivity contribution in [2.24, 2.45) is 0 Å². The number of hydrogen-bond donors (Lipinski definition) is 1. The summed E-state index contributed by atoms with van der Waals surface area (Å²) in [6, 6.07) is 12.1. The summed E-state index contributed by atoms with van der Waals surface area (Å²) < 4.78 is 18.4. The van der Waals surface area contributed by atoms with Crippen molar-refractivity contribution in [2.75, 3.05) is 7.11 Å². The van der Waals surface area contributed by atoms with Crippen LogP contribution < -0.4 is 0 Å². The zero-order valence-corrected chi connectivity index (χ0v) is 11.1. The minimum atomic E-state index is -0.828. The molecule has 0 fully saturated rings. The van der Waals surface area contributed by atoms with E-state index in [2.05, 4.69) is 0 Å². The summed E-state index contributed by atoms with van der Waals surface area (Å²) in [6.45, 7) is 2.30. The number of hydrogen-bond acceptors (Lipinski definition) is 2. The molecule has 0 radical (unpaired) electrons. The average molecular weight is 260 g/mol. The molecule has 0 bridgehead atoms. The molecule has 100 valence electrons. The first-order valence-corrected chi connectivity index (χ1v) is 6.13. The van der Waals surface area contributed by atoms with Gasteiger partial charge in [0.1, 0.15) is 11.9 Å². The van der Waals surface area contributed by atoms with Crippen molar-refractivity contribution in [3.05, 3.63) is 70.5 Å². The van der Waals surface area contributed by atoms with Crippen LogP contribution in [0.4, 0.5) is 4.39 Å². The molecule has 19 heavy (non-hydrogen) atoms. The van der Waals surface area contributed by atoms with E-state index in [1.807, 2.05) is 24.3 Å². The first-order valence-electron chi connectivity index (χ1n) is 6.13. The Labute approximate surface area is 112 Å². The molecule has 2 aromatic rings. The topological polar surface area (TPSA) is 29.5 Å². The van der Waals surface area contributed by atoms with Gasteiger partial charge in [0.15, 0.2) is 0 Å². The number of aryl methyl sites for hydroxylation is 1. The van der Waals surface area contributed by atoms with E-state index in [1.54, 1.807) is 20.1 Å². The fraction of sp³-hybridized carbons (Fsp3) is 0.250. The Kier molecular flexibility index (Phi) is 4.30. The molecule has 0 heterocycles. The molecule has 1 N–H and O–H groups in total. The molecule has 0 aliphatic carbocycles.